The van der Waals surface area contributed by atoms with E-state index >= 15 is 0 Å². The van der Waals surface area contributed by atoms with Gasteiger partial charge in [-0.05, 0) is 51.1 Å². The average Bonchev–Trinajstić information content (AvgIpc) is 2.33. The van der Waals surface area contributed by atoms with Gasteiger partial charge in [-0.15, -0.1) is 0 Å². The molecular formula is C16H28N2O. The van der Waals surface area contributed by atoms with Crippen molar-refractivity contribution >= 4 is 0 Å². The third-order valence-corrected chi connectivity index (χ3v) is 2.68. The Morgan fingerprint density at radius 3 is 2.58 bits per heavy atom. The smallest absolute Gasteiger partial charge is 0.120 e. The van der Waals surface area contributed by atoms with Crippen LogP contribution in [-0.2, 0) is 6.54 Å². The predicted octanol–water partition coefficient (Wildman–Crippen LogP) is 2.95. The number of hydrogen-bond acceptors (Lipinski definition) is 3. The molecule has 0 unspecified atom stereocenters. The SMILES string of the molecule is CC(C)NCCCNCc1cccc(OC(C)C)c1. The van der Waals surface area contributed by atoms with E-state index in [1.807, 2.05) is 19.9 Å². The van der Waals surface area contributed by atoms with Crippen molar-refractivity contribution in [3.05, 3.63) is 29.8 Å². The third-order valence-electron chi connectivity index (χ3n) is 2.68. The molecule has 0 bridgehead atoms. The topological polar surface area (TPSA) is 33.3 Å². The van der Waals surface area contributed by atoms with Crippen molar-refractivity contribution in [1.82, 2.24) is 10.6 Å². The van der Waals surface area contributed by atoms with Gasteiger partial charge >= 0.3 is 0 Å². The van der Waals surface area contributed by atoms with Gasteiger partial charge in [0.15, 0.2) is 0 Å². The van der Waals surface area contributed by atoms with Crippen molar-refractivity contribution in [3.63, 3.8) is 0 Å². The molecule has 0 aliphatic heterocycles. The normalized spacial score (nSPS) is 11.3. The fraction of sp³-hybridized carbons (Fsp3) is 0.625. The van der Waals surface area contributed by atoms with Gasteiger partial charge in [0.05, 0.1) is 6.10 Å². The first-order valence-corrected chi connectivity index (χ1v) is 7.27. The molecule has 1 rings (SSSR count). The van der Waals surface area contributed by atoms with E-state index in [9.17, 15) is 0 Å². The molecule has 2 N–H and O–H groups in total. The van der Waals surface area contributed by atoms with Crippen LogP contribution in [0.1, 0.15) is 39.7 Å². The lowest BCUT2D eigenvalue weighted by molar-refractivity contribution is 0.242. The first kappa shape index (κ1) is 16.0. The van der Waals surface area contributed by atoms with Crippen molar-refractivity contribution in [3.8, 4) is 5.75 Å². The van der Waals surface area contributed by atoms with Gasteiger partial charge in [0.1, 0.15) is 5.75 Å². The van der Waals surface area contributed by atoms with E-state index in [0.717, 1.165) is 31.8 Å². The molecule has 0 fully saturated rings. The fourth-order valence-electron chi connectivity index (χ4n) is 1.84. The zero-order valence-electron chi connectivity index (χ0n) is 12.7. The summed E-state index contributed by atoms with van der Waals surface area (Å²) >= 11 is 0. The molecule has 0 saturated carbocycles. The zero-order chi connectivity index (χ0) is 14.1. The monoisotopic (exact) mass is 264 g/mol. The highest BCUT2D eigenvalue weighted by atomic mass is 16.5. The van der Waals surface area contributed by atoms with E-state index in [0.29, 0.717) is 6.04 Å². The van der Waals surface area contributed by atoms with Gasteiger partial charge in [-0.25, -0.2) is 0 Å². The van der Waals surface area contributed by atoms with Crippen molar-refractivity contribution in [2.24, 2.45) is 0 Å². The molecule has 0 spiro atoms. The number of rotatable bonds is 9. The van der Waals surface area contributed by atoms with Crippen LogP contribution in [0.2, 0.25) is 0 Å². The van der Waals surface area contributed by atoms with Crippen LogP contribution in [0.15, 0.2) is 24.3 Å². The summed E-state index contributed by atoms with van der Waals surface area (Å²) in [6.07, 6.45) is 1.38. The van der Waals surface area contributed by atoms with Gasteiger partial charge in [-0.2, -0.15) is 0 Å². The average molecular weight is 264 g/mol. The maximum Gasteiger partial charge on any atom is 0.120 e. The van der Waals surface area contributed by atoms with Gasteiger partial charge in [0, 0.05) is 12.6 Å². The molecular weight excluding hydrogens is 236 g/mol. The van der Waals surface area contributed by atoms with E-state index in [-0.39, 0.29) is 6.10 Å². The summed E-state index contributed by atoms with van der Waals surface area (Å²) in [4.78, 5) is 0. The number of nitrogens with one attached hydrogen (secondary N) is 2. The minimum Gasteiger partial charge on any atom is -0.491 e. The van der Waals surface area contributed by atoms with Crippen LogP contribution < -0.4 is 15.4 Å². The summed E-state index contributed by atoms with van der Waals surface area (Å²) in [5.41, 5.74) is 1.27. The number of hydrogen-bond donors (Lipinski definition) is 2. The van der Waals surface area contributed by atoms with Crippen molar-refractivity contribution < 1.29 is 4.74 Å². The summed E-state index contributed by atoms with van der Waals surface area (Å²) < 4.78 is 5.69. The second kappa shape index (κ2) is 8.94. The van der Waals surface area contributed by atoms with Gasteiger partial charge < -0.3 is 15.4 Å². The minimum atomic E-state index is 0.227. The summed E-state index contributed by atoms with van der Waals surface area (Å²) in [5.74, 6) is 0.954. The molecule has 0 aromatic heterocycles. The van der Waals surface area contributed by atoms with E-state index in [1.165, 1.54) is 5.56 Å². The Labute approximate surface area is 117 Å². The van der Waals surface area contributed by atoms with Crippen LogP contribution in [0, 0.1) is 0 Å². The molecule has 1 aromatic rings. The van der Waals surface area contributed by atoms with E-state index in [2.05, 4.69) is 42.7 Å². The van der Waals surface area contributed by atoms with Gasteiger partial charge in [-0.3, -0.25) is 0 Å². The van der Waals surface area contributed by atoms with Gasteiger partial charge in [0.2, 0.25) is 0 Å². The first-order valence-electron chi connectivity index (χ1n) is 7.27. The maximum atomic E-state index is 5.69. The molecule has 0 radical (unpaired) electrons. The predicted molar refractivity (Wildman–Crippen MR) is 81.7 cm³/mol. The first-order chi connectivity index (χ1) is 9.08. The summed E-state index contributed by atoms with van der Waals surface area (Å²) in [5, 5.41) is 6.88. The van der Waals surface area contributed by atoms with Crippen molar-refractivity contribution in [2.45, 2.75) is 52.8 Å². The number of benzene rings is 1. The van der Waals surface area contributed by atoms with Crippen LogP contribution in [-0.4, -0.2) is 25.2 Å². The summed E-state index contributed by atoms with van der Waals surface area (Å²) in [7, 11) is 0. The van der Waals surface area contributed by atoms with Crippen LogP contribution in [0.5, 0.6) is 5.75 Å². The Kier molecular flexibility index (Phi) is 7.53. The maximum absolute atomic E-state index is 5.69. The molecule has 1 aromatic carbocycles. The molecule has 108 valence electrons. The molecule has 0 atom stereocenters. The van der Waals surface area contributed by atoms with E-state index < -0.39 is 0 Å². The fourth-order valence-corrected chi connectivity index (χ4v) is 1.84. The lowest BCUT2D eigenvalue weighted by Crippen LogP contribution is -2.26. The quantitative estimate of drug-likeness (QED) is 0.673. The highest BCUT2D eigenvalue weighted by molar-refractivity contribution is 5.28. The Balaban J connectivity index is 2.22. The van der Waals surface area contributed by atoms with E-state index in [1.54, 1.807) is 0 Å². The highest BCUT2D eigenvalue weighted by Crippen LogP contribution is 2.14. The lowest BCUT2D eigenvalue weighted by atomic mass is 10.2. The second-order valence-corrected chi connectivity index (χ2v) is 5.45. The molecule has 0 heterocycles. The molecule has 19 heavy (non-hydrogen) atoms. The molecule has 0 amide bonds. The second-order valence-electron chi connectivity index (χ2n) is 5.45. The third kappa shape index (κ3) is 7.85. The van der Waals surface area contributed by atoms with Crippen molar-refractivity contribution in [2.75, 3.05) is 13.1 Å². The Bertz CT molecular complexity index is 350. The standard InChI is InChI=1S/C16H28N2O/c1-13(2)18-10-6-9-17-12-15-7-5-8-16(11-15)19-14(3)4/h5,7-8,11,13-14,17-18H,6,9-10,12H2,1-4H3. The summed E-state index contributed by atoms with van der Waals surface area (Å²) in [6, 6.07) is 8.88. The van der Waals surface area contributed by atoms with Crippen molar-refractivity contribution in [1.29, 1.82) is 0 Å². The Hall–Kier alpha value is -1.06. The number of ether oxygens (including phenoxy) is 1. The van der Waals surface area contributed by atoms with Gasteiger partial charge in [0.25, 0.3) is 0 Å². The lowest BCUT2D eigenvalue weighted by Gasteiger charge is -2.11. The molecule has 0 aliphatic carbocycles. The largest absolute Gasteiger partial charge is 0.491 e. The van der Waals surface area contributed by atoms with E-state index in [4.69, 9.17) is 4.74 Å². The van der Waals surface area contributed by atoms with Gasteiger partial charge in [-0.1, -0.05) is 26.0 Å². The zero-order valence-corrected chi connectivity index (χ0v) is 12.7. The Morgan fingerprint density at radius 1 is 1.11 bits per heavy atom. The Morgan fingerprint density at radius 2 is 1.89 bits per heavy atom. The van der Waals surface area contributed by atoms with Crippen LogP contribution >= 0.6 is 0 Å². The molecule has 0 saturated heterocycles. The molecule has 3 heteroatoms. The highest BCUT2D eigenvalue weighted by Gasteiger charge is 1.99. The molecule has 3 nitrogen and oxygen atoms in total. The minimum absolute atomic E-state index is 0.227. The van der Waals surface area contributed by atoms with Crippen LogP contribution in [0.25, 0.3) is 0 Å². The summed E-state index contributed by atoms with van der Waals surface area (Å²) in [6.45, 7) is 11.5. The van der Waals surface area contributed by atoms with Crippen LogP contribution in [0.3, 0.4) is 0 Å². The van der Waals surface area contributed by atoms with Crippen LogP contribution in [0.4, 0.5) is 0 Å². The molecule has 0 aliphatic rings.